The summed E-state index contributed by atoms with van der Waals surface area (Å²) in [6.45, 7) is 0.331. The number of thiophene rings is 1. The molecule has 2 rings (SSSR count). The van der Waals surface area contributed by atoms with Crippen LogP contribution in [0.1, 0.15) is 17.2 Å². The lowest BCUT2D eigenvalue weighted by atomic mass is 10.3. The first-order valence-corrected chi connectivity index (χ1v) is 6.18. The first-order valence-electron chi connectivity index (χ1n) is 3.78. The quantitative estimate of drug-likeness (QED) is 0.888. The Kier molecular flexibility index (Phi) is 2.61. The van der Waals surface area contributed by atoms with Crippen LogP contribution in [0.4, 0.5) is 0 Å². The van der Waals surface area contributed by atoms with Crippen molar-refractivity contribution in [3.8, 4) is 0 Å². The minimum Gasteiger partial charge on any atom is -0.396 e. The van der Waals surface area contributed by atoms with Crippen molar-refractivity contribution >= 4 is 43.2 Å². The highest BCUT2D eigenvalue weighted by molar-refractivity contribution is 9.13. The standard InChI is InChI=1S/C8H8Br2OS/c9-6-2-7(12-8(6)10)5-1-4(5)3-11/h2,4-5,11H,1,3H2. The van der Waals surface area contributed by atoms with Crippen molar-refractivity contribution in [3.63, 3.8) is 0 Å². The highest BCUT2D eigenvalue weighted by Crippen LogP contribution is 2.51. The Balaban J connectivity index is 2.15. The Labute approximate surface area is 92.1 Å². The number of halogens is 2. The number of aliphatic hydroxyl groups is 1. The van der Waals surface area contributed by atoms with Gasteiger partial charge in [-0.25, -0.2) is 0 Å². The molecule has 4 heteroatoms. The predicted octanol–water partition coefficient (Wildman–Crippen LogP) is 3.37. The van der Waals surface area contributed by atoms with Crippen LogP contribution in [0.25, 0.3) is 0 Å². The Morgan fingerprint density at radius 1 is 1.58 bits per heavy atom. The van der Waals surface area contributed by atoms with Gasteiger partial charge >= 0.3 is 0 Å². The Morgan fingerprint density at radius 3 is 2.75 bits per heavy atom. The van der Waals surface area contributed by atoms with E-state index in [0.29, 0.717) is 18.4 Å². The maximum absolute atomic E-state index is 8.90. The Morgan fingerprint density at radius 2 is 2.33 bits per heavy atom. The highest BCUT2D eigenvalue weighted by Gasteiger charge is 2.38. The summed E-state index contributed by atoms with van der Waals surface area (Å²) in [5.41, 5.74) is 0. The molecule has 2 unspecified atom stereocenters. The topological polar surface area (TPSA) is 20.2 Å². The molecule has 1 aromatic rings. The van der Waals surface area contributed by atoms with Crippen LogP contribution < -0.4 is 0 Å². The van der Waals surface area contributed by atoms with Crippen LogP contribution in [-0.4, -0.2) is 11.7 Å². The smallest absolute Gasteiger partial charge is 0.0843 e. The van der Waals surface area contributed by atoms with Crippen molar-refractivity contribution in [2.75, 3.05) is 6.61 Å². The van der Waals surface area contributed by atoms with Crippen LogP contribution >= 0.6 is 43.2 Å². The molecule has 1 aromatic heterocycles. The van der Waals surface area contributed by atoms with Crippen LogP contribution in [0.15, 0.2) is 14.3 Å². The molecule has 0 spiro atoms. The molecule has 1 heterocycles. The lowest BCUT2D eigenvalue weighted by Gasteiger charge is -1.89. The average Bonchev–Trinajstić information content (AvgIpc) is 2.75. The second kappa shape index (κ2) is 3.40. The molecule has 1 fully saturated rings. The van der Waals surface area contributed by atoms with Crippen LogP contribution in [0.2, 0.25) is 0 Å². The molecule has 0 bridgehead atoms. The molecule has 0 saturated heterocycles. The summed E-state index contributed by atoms with van der Waals surface area (Å²) < 4.78 is 2.28. The van der Waals surface area contributed by atoms with Crippen molar-refractivity contribution in [3.05, 3.63) is 19.2 Å². The van der Waals surface area contributed by atoms with Crippen molar-refractivity contribution in [1.29, 1.82) is 0 Å². The average molecular weight is 312 g/mol. The van der Waals surface area contributed by atoms with E-state index in [4.69, 9.17) is 5.11 Å². The van der Waals surface area contributed by atoms with Crippen LogP contribution in [0.3, 0.4) is 0 Å². The summed E-state index contributed by atoms with van der Waals surface area (Å²) in [5.74, 6) is 1.13. The van der Waals surface area contributed by atoms with Crippen LogP contribution in [0.5, 0.6) is 0 Å². The third-order valence-electron chi connectivity index (χ3n) is 2.19. The molecule has 0 aromatic carbocycles. The number of rotatable bonds is 2. The number of aliphatic hydroxyl groups excluding tert-OH is 1. The van der Waals surface area contributed by atoms with Crippen molar-refractivity contribution < 1.29 is 5.11 Å². The van der Waals surface area contributed by atoms with Gasteiger partial charge in [-0.2, -0.15) is 0 Å². The van der Waals surface area contributed by atoms with Crippen LogP contribution in [0, 0.1) is 5.92 Å². The molecular formula is C8H8Br2OS. The summed E-state index contributed by atoms with van der Waals surface area (Å²) in [7, 11) is 0. The van der Waals surface area contributed by atoms with Gasteiger partial charge in [-0.1, -0.05) is 0 Å². The number of hydrogen-bond acceptors (Lipinski definition) is 2. The zero-order chi connectivity index (χ0) is 8.72. The van der Waals surface area contributed by atoms with Gasteiger partial charge in [0, 0.05) is 16.0 Å². The van der Waals surface area contributed by atoms with Crippen LogP contribution in [-0.2, 0) is 0 Å². The fourth-order valence-electron chi connectivity index (χ4n) is 1.34. The van der Waals surface area contributed by atoms with E-state index in [1.165, 1.54) is 4.88 Å². The van der Waals surface area contributed by atoms with Crippen molar-refractivity contribution in [2.45, 2.75) is 12.3 Å². The minimum absolute atomic E-state index is 0.331. The maximum Gasteiger partial charge on any atom is 0.0843 e. The lowest BCUT2D eigenvalue weighted by molar-refractivity contribution is 0.274. The highest BCUT2D eigenvalue weighted by atomic mass is 79.9. The molecule has 0 aliphatic heterocycles. The van der Waals surface area contributed by atoms with E-state index in [1.807, 2.05) is 0 Å². The summed E-state index contributed by atoms with van der Waals surface area (Å²) in [5, 5.41) is 8.90. The molecule has 0 amide bonds. The molecule has 12 heavy (non-hydrogen) atoms. The molecule has 1 N–H and O–H groups in total. The second-order valence-electron chi connectivity index (χ2n) is 3.06. The third kappa shape index (κ3) is 1.62. The van der Waals surface area contributed by atoms with Gasteiger partial charge in [0.25, 0.3) is 0 Å². The monoisotopic (exact) mass is 310 g/mol. The van der Waals surface area contributed by atoms with Gasteiger partial charge < -0.3 is 5.11 Å². The first-order chi connectivity index (χ1) is 5.72. The molecule has 66 valence electrons. The summed E-state index contributed by atoms with van der Waals surface area (Å²) in [6, 6.07) is 2.15. The van der Waals surface area contributed by atoms with Gasteiger partial charge in [0.15, 0.2) is 0 Å². The Hall–Kier alpha value is 0.620. The van der Waals surface area contributed by atoms with Crippen molar-refractivity contribution in [1.82, 2.24) is 0 Å². The van der Waals surface area contributed by atoms with E-state index in [0.717, 1.165) is 14.7 Å². The van der Waals surface area contributed by atoms with Gasteiger partial charge in [0.2, 0.25) is 0 Å². The van der Waals surface area contributed by atoms with Gasteiger partial charge in [-0.15, -0.1) is 11.3 Å². The largest absolute Gasteiger partial charge is 0.396 e. The van der Waals surface area contributed by atoms with Gasteiger partial charge in [0.1, 0.15) is 0 Å². The minimum atomic E-state index is 0.331. The summed E-state index contributed by atoms with van der Waals surface area (Å²) in [4.78, 5) is 1.38. The van der Waals surface area contributed by atoms with Crippen molar-refractivity contribution in [2.24, 2.45) is 5.92 Å². The SMILES string of the molecule is OCC1CC1c1cc(Br)c(Br)s1. The normalized spacial score (nSPS) is 27.6. The maximum atomic E-state index is 8.90. The predicted molar refractivity (Wildman–Crippen MR) is 57.7 cm³/mol. The van der Waals surface area contributed by atoms with E-state index in [1.54, 1.807) is 11.3 Å². The summed E-state index contributed by atoms with van der Waals surface area (Å²) >= 11 is 8.68. The van der Waals surface area contributed by atoms with Gasteiger partial charge in [-0.3, -0.25) is 0 Å². The second-order valence-corrected chi connectivity index (χ2v) is 6.31. The molecule has 1 saturated carbocycles. The fourth-order valence-corrected chi connectivity index (χ4v) is 3.64. The van der Waals surface area contributed by atoms with Gasteiger partial charge in [-0.05, 0) is 56.2 Å². The zero-order valence-electron chi connectivity index (χ0n) is 6.26. The molecule has 2 atom stereocenters. The lowest BCUT2D eigenvalue weighted by Crippen LogP contribution is -1.85. The molecular weight excluding hydrogens is 304 g/mol. The summed E-state index contributed by atoms with van der Waals surface area (Å²) in [6.07, 6.45) is 1.15. The van der Waals surface area contributed by atoms with Gasteiger partial charge in [0.05, 0.1) is 3.79 Å². The fraction of sp³-hybridized carbons (Fsp3) is 0.500. The first kappa shape index (κ1) is 9.19. The third-order valence-corrected chi connectivity index (χ3v) is 5.57. The van der Waals surface area contributed by atoms with E-state index >= 15 is 0 Å². The van der Waals surface area contributed by atoms with E-state index < -0.39 is 0 Å². The molecule has 1 aliphatic rings. The molecule has 1 aliphatic carbocycles. The Bertz CT molecular complexity index is 278. The molecule has 0 radical (unpaired) electrons. The van der Waals surface area contributed by atoms with E-state index in [9.17, 15) is 0 Å². The zero-order valence-corrected chi connectivity index (χ0v) is 10.2. The van der Waals surface area contributed by atoms with E-state index in [2.05, 4.69) is 37.9 Å². The van der Waals surface area contributed by atoms with E-state index in [-0.39, 0.29) is 0 Å². The molecule has 1 nitrogen and oxygen atoms in total. The number of hydrogen-bond donors (Lipinski definition) is 1.